The van der Waals surface area contributed by atoms with Crippen molar-refractivity contribution in [2.75, 3.05) is 11.9 Å². The second kappa shape index (κ2) is 7.64. The lowest BCUT2D eigenvalue weighted by atomic mass is 10.2. The Balaban J connectivity index is 1.70. The summed E-state index contributed by atoms with van der Waals surface area (Å²) in [5.41, 5.74) is 1.75. The Labute approximate surface area is 128 Å². The molecule has 2 rings (SSSR count). The van der Waals surface area contributed by atoms with Gasteiger partial charge >= 0.3 is 0 Å². The molecule has 2 N–H and O–H groups in total. The molecule has 0 saturated carbocycles. The van der Waals surface area contributed by atoms with Crippen molar-refractivity contribution in [3.05, 3.63) is 64.9 Å². The van der Waals surface area contributed by atoms with Crippen molar-refractivity contribution >= 4 is 23.2 Å². The molecule has 0 spiro atoms. The number of hydrogen-bond donors (Lipinski definition) is 2. The van der Waals surface area contributed by atoms with Gasteiger partial charge < -0.3 is 10.6 Å². The Morgan fingerprint density at radius 3 is 2.62 bits per heavy atom. The van der Waals surface area contributed by atoms with Gasteiger partial charge in [0.2, 0.25) is 5.91 Å². The van der Waals surface area contributed by atoms with Gasteiger partial charge in [-0.15, -0.1) is 0 Å². The zero-order valence-electron chi connectivity index (χ0n) is 11.4. The van der Waals surface area contributed by atoms with Crippen LogP contribution in [0.2, 0.25) is 5.02 Å². The molecule has 0 radical (unpaired) electrons. The molecule has 1 amide bonds. The van der Waals surface area contributed by atoms with Crippen molar-refractivity contribution in [3.8, 4) is 0 Å². The summed E-state index contributed by atoms with van der Waals surface area (Å²) in [6.45, 7) is 0.977. The maximum Gasteiger partial charge on any atom is 0.222 e. The summed E-state index contributed by atoms with van der Waals surface area (Å²) in [5, 5.41) is 5.93. The lowest BCUT2D eigenvalue weighted by Gasteiger charge is -2.08. The van der Waals surface area contributed by atoms with E-state index in [0.717, 1.165) is 5.56 Å². The molecule has 2 aromatic carbocycles. The molecule has 0 bridgehead atoms. The van der Waals surface area contributed by atoms with Crippen LogP contribution in [0.3, 0.4) is 0 Å². The summed E-state index contributed by atoms with van der Waals surface area (Å²) in [5.74, 6) is -0.498. The highest BCUT2D eigenvalue weighted by molar-refractivity contribution is 6.31. The van der Waals surface area contributed by atoms with Crippen molar-refractivity contribution < 1.29 is 9.18 Å². The molecule has 0 aromatic heterocycles. The topological polar surface area (TPSA) is 41.1 Å². The highest BCUT2D eigenvalue weighted by atomic mass is 35.5. The number of carbonyl (C=O) groups is 1. The Hall–Kier alpha value is -2.07. The van der Waals surface area contributed by atoms with Crippen LogP contribution in [0.5, 0.6) is 0 Å². The van der Waals surface area contributed by atoms with Gasteiger partial charge in [0.15, 0.2) is 0 Å². The molecular weight excluding hydrogens is 291 g/mol. The SMILES string of the molecule is O=C(CCNc1ccc(F)c(Cl)c1)NCc1ccccc1. The minimum absolute atomic E-state index is 0.0421. The van der Waals surface area contributed by atoms with E-state index in [4.69, 9.17) is 11.6 Å². The standard InChI is InChI=1S/C16H16ClFN2O/c17-14-10-13(6-7-15(14)18)19-9-8-16(21)20-11-12-4-2-1-3-5-12/h1-7,10,19H,8-9,11H2,(H,20,21). The van der Waals surface area contributed by atoms with Gasteiger partial charge in [-0.25, -0.2) is 4.39 Å². The molecular formula is C16H16ClFN2O. The fraction of sp³-hybridized carbons (Fsp3) is 0.188. The fourth-order valence-corrected chi connectivity index (χ4v) is 1.99. The van der Waals surface area contributed by atoms with Gasteiger partial charge in [-0.05, 0) is 23.8 Å². The number of nitrogens with one attached hydrogen (secondary N) is 2. The van der Waals surface area contributed by atoms with Crippen LogP contribution in [0, 0.1) is 5.82 Å². The van der Waals surface area contributed by atoms with E-state index in [1.165, 1.54) is 12.1 Å². The number of carbonyl (C=O) groups excluding carboxylic acids is 1. The van der Waals surface area contributed by atoms with Gasteiger partial charge in [-0.1, -0.05) is 41.9 Å². The Bertz CT molecular complexity index is 604. The third-order valence-corrected chi connectivity index (χ3v) is 3.22. The van der Waals surface area contributed by atoms with Crippen molar-refractivity contribution in [2.24, 2.45) is 0 Å². The second-order valence-electron chi connectivity index (χ2n) is 4.57. The van der Waals surface area contributed by atoms with E-state index in [1.54, 1.807) is 6.07 Å². The number of halogens is 2. The maximum atomic E-state index is 13.0. The zero-order chi connectivity index (χ0) is 15.1. The number of anilines is 1. The van der Waals surface area contributed by atoms with Crippen molar-refractivity contribution in [2.45, 2.75) is 13.0 Å². The van der Waals surface area contributed by atoms with Crippen LogP contribution in [0.15, 0.2) is 48.5 Å². The van der Waals surface area contributed by atoms with Crippen LogP contribution >= 0.6 is 11.6 Å². The van der Waals surface area contributed by atoms with Gasteiger partial charge in [-0.3, -0.25) is 4.79 Å². The lowest BCUT2D eigenvalue weighted by Crippen LogP contribution is -2.24. The minimum Gasteiger partial charge on any atom is -0.384 e. The third kappa shape index (κ3) is 5.08. The molecule has 110 valence electrons. The van der Waals surface area contributed by atoms with E-state index in [-0.39, 0.29) is 10.9 Å². The van der Waals surface area contributed by atoms with E-state index in [9.17, 15) is 9.18 Å². The smallest absolute Gasteiger partial charge is 0.222 e. The second-order valence-corrected chi connectivity index (χ2v) is 4.98. The molecule has 0 saturated heterocycles. The number of hydrogen-bond acceptors (Lipinski definition) is 2. The Kier molecular flexibility index (Phi) is 5.58. The molecule has 3 nitrogen and oxygen atoms in total. The molecule has 0 unspecified atom stereocenters. The molecule has 0 heterocycles. The maximum absolute atomic E-state index is 13.0. The number of amides is 1. The monoisotopic (exact) mass is 306 g/mol. The average molecular weight is 307 g/mol. The molecule has 0 aliphatic heterocycles. The molecule has 2 aromatic rings. The van der Waals surface area contributed by atoms with Gasteiger partial charge in [0.25, 0.3) is 0 Å². The van der Waals surface area contributed by atoms with Crippen LogP contribution in [0.25, 0.3) is 0 Å². The summed E-state index contributed by atoms with van der Waals surface area (Å²) < 4.78 is 13.0. The molecule has 0 aliphatic rings. The average Bonchev–Trinajstić information content (AvgIpc) is 2.50. The molecule has 0 atom stereocenters. The van der Waals surface area contributed by atoms with Crippen LogP contribution in [-0.2, 0) is 11.3 Å². The fourth-order valence-electron chi connectivity index (χ4n) is 1.81. The van der Waals surface area contributed by atoms with Gasteiger partial charge in [0.1, 0.15) is 5.82 Å². The number of rotatable bonds is 6. The first-order chi connectivity index (χ1) is 10.1. The quantitative estimate of drug-likeness (QED) is 0.856. The Morgan fingerprint density at radius 1 is 1.14 bits per heavy atom. The predicted octanol–water partition coefficient (Wildman–Crippen LogP) is 3.60. The van der Waals surface area contributed by atoms with Crippen molar-refractivity contribution in [3.63, 3.8) is 0 Å². The van der Waals surface area contributed by atoms with Crippen LogP contribution in [-0.4, -0.2) is 12.5 Å². The van der Waals surface area contributed by atoms with E-state index in [0.29, 0.717) is 25.2 Å². The van der Waals surface area contributed by atoms with Crippen LogP contribution in [0.4, 0.5) is 10.1 Å². The van der Waals surface area contributed by atoms with E-state index in [2.05, 4.69) is 10.6 Å². The predicted molar refractivity (Wildman–Crippen MR) is 82.8 cm³/mol. The minimum atomic E-state index is -0.456. The van der Waals surface area contributed by atoms with E-state index < -0.39 is 5.82 Å². The summed E-state index contributed by atoms with van der Waals surface area (Å²) in [4.78, 5) is 11.7. The van der Waals surface area contributed by atoms with E-state index in [1.807, 2.05) is 30.3 Å². The number of benzene rings is 2. The first kappa shape index (κ1) is 15.3. The highest BCUT2D eigenvalue weighted by Gasteiger charge is 2.03. The van der Waals surface area contributed by atoms with E-state index >= 15 is 0 Å². The summed E-state index contributed by atoms with van der Waals surface area (Å²) in [6, 6.07) is 14.1. The lowest BCUT2D eigenvalue weighted by molar-refractivity contribution is -0.121. The van der Waals surface area contributed by atoms with Crippen LogP contribution in [0.1, 0.15) is 12.0 Å². The van der Waals surface area contributed by atoms with Gasteiger partial charge in [-0.2, -0.15) is 0 Å². The zero-order valence-corrected chi connectivity index (χ0v) is 12.2. The normalized spacial score (nSPS) is 10.2. The molecule has 21 heavy (non-hydrogen) atoms. The van der Waals surface area contributed by atoms with Crippen molar-refractivity contribution in [1.82, 2.24) is 5.32 Å². The van der Waals surface area contributed by atoms with Crippen LogP contribution < -0.4 is 10.6 Å². The summed E-state index contributed by atoms with van der Waals surface area (Å²) >= 11 is 5.68. The summed E-state index contributed by atoms with van der Waals surface area (Å²) in [7, 11) is 0. The first-order valence-electron chi connectivity index (χ1n) is 6.65. The molecule has 5 heteroatoms. The first-order valence-corrected chi connectivity index (χ1v) is 7.02. The Morgan fingerprint density at radius 2 is 1.90 bits per heavy atom. The molecule has 0 fully saturated rings. The van der Waals surface area contributed by atoms with Gasteiger partial charge in [0, 0.05) is 25.2 Å². The third-order valence-electron chi connectivity index (χ3n) is 2.93. The largest absolute Gasteiger partial charge is 0.384 e. The van der Waals surface area contributed by atoms with Gasteiger partial charge in [0.05, 0.1) is 5.02 Å². The molecule has 0 aliphatic carbocycles. The highest BCUT2D eigenvalue weighted by Crippen LogP contribution is 2.19. The summed E-state index contributed by atoms with van der Waals surface area (Å²) in [6.07, 6.45) is 0.335. The van der Waals surface area contributed by atoms with Crippen molar-refractivity contribution in [1.29, 1.82) is 0 Å².